The maximum absolute atomic E-state index is 13.6. The zero-order valence-corrected chi connectivity index (χ0v) is 20.2. The number of nitrogens with one attached hydrogen (secondary N) is 1. The first-order valence-corrected chi connectivity index (χ1v) is 11.7. The number of esters is 1. The third-order valence-corrected chi connectivity index (χ3v) is 5.76. The molecule has 0 unspecified atom stereocenters. The van der Waals surface area contributed by atoms with Crippen LogP contribution in [0.5, 0.6) is 0 Å². The Kier molecular flexibility index (Phi) is 7.41. The zero-order valence-electron chi connectivity index (χ0n) is 20.2. The van der Waals surface area contributed by atoms with Crippen LogP contribution in [0.1, 0.15) is 34.9 Å². The van der Waals surface area contributed by atoms with Gasteiger partial charge in [0.05, 0.1) is 23.6 Å². The number of hydrogen-bond acceptors (Lipinski definition) is 4. The molecule has 0 bridgehead atoms. The molecule has 1 heterocycles. The van der Waals surface area contributed by atoms with Crippen molar-refractivity contribution in [3.05, 3.63) is 123 Å². The first-order chi connectivity index (χ1) is 17.0. The lowest BCUT2D eigenvalue weighted by molar-refractivity contribution is -0.144. The van der Waals surface area contributed by atoms with E-state index in [1.807, 2.05) is 98.8 Å². The highest BCUT2D eigenvalue weighted by Crippen LogP contribution is 2.17. The van der Waals surface area contributed by atoms with Crippen LogP contribution in [0.25, 0.3) is 5.69 Å². The van der Waals surface area contributed by atoms with Crippen LogP contribution in [0.15, 0.2) is 94.7 Å². The van der Waals surface area contributed by atoms with Gasteiger partial charge in [0.1, 0.15) is 0 Å². The molecule has 4 rings (SSSR count). The van der Waals surface area contributed by atoms with Crippen LogP contribution in [0, 0.1) is 13.8 Å². The third-order valence-electron chi connectivity index (χ3n) is 5.76. The molecule has 1 atom stereocenters. The number of H-pyrrole nitrogens is 1. The van der Waals surface area contributed by atoms with E-state index in [9.17, 15) is 9.59 Å². The predicted octanol–water partition coefficient (Wildman–Crippen LogP) is 4.79. The first kappa shape index (κ1) is 24.0. The van der Waals surface area contributed by atoms with Crippen molar-refractivity contribution < 1.29 is 9.53 Å². The Morgan fingerprint density at radius 1 is 0.943 bits per heavy atom. The fourth-order valence-corrected chi connectivity index (χ4v) is 3.99. The van der Waals surface area contributed by atoms with E-state index >= 15 is 0 Å². The van der Waals surface area contributed by atoms with Gasteiger partial charge in [-0.15, -0.1) is 0 Å². The van der Waals surface area contributed by atoms with Gasteiger partial charge in [0, 0.05) is 17.7 Å². The third kappa shape index (κ3) is 5.49. The summed E-state index contributed by atoms with van der Waals surface area (Å²) in [6, 6.07) is 26.1. The molecule has 0 saturated carbocycles. The van der Waals surface area contributed by atoms with E-state index in [4.69, 9.17) is 9.73 Å². The molecular formula is C29H29N3O3. The van der Waals surface area contributed by atoms with Gasteiger partial charge in [0.15, 0.2) is 6.04 Å². The van der Waals surface area contributed by atoms with Gasteiger partial charge in [-0.1, -0.05) is 78.4 Å². The summed E-state index contributed by atoms with van der Waals surface area (Å²) in [5.41, 5.74) is 4.87. The maximum Gasteiger partial charge on any atom is 0.331 e. The maximum atomic E-state index is 13.6. The van der Waals surface area contributed by atoms with E-state index in [0.717, 1.165) is 22.4 Å². The Bertz CT molecular complexity index is 1370. The molecule has 0 aliphatic rings. The SMILES string of the molecule is CCOC(=O)[C@H](Cc1ccccc1)N=C(c1ccc(C)cc1)c1c(C)[nH]n(-c2ccccc2)c1=O. The summed E-state index contributed by atoms with van der Waals surface area (Å²) in [6.07, 6.45) is 0.366. The zero-order chi connectivity index (χ0) is 24.8. The molecule has 4 aromatic rings. The molecule has 0 saturated heterocycles. The highest BCUT2D eigenvalue weighted by atomic mass is 16.5. The molecule has 6 heteroatoms. The summed E-state index contributed by atoms with van der Waals surface area (Å²) >= 11 is 0. The lowest BCUT2D eigenvalue weighted by Crippen LogP contribution is -2.28. The Morgan fingerprint density at radius 3 is 2.20 bits per heavy atom. The van der Waals surface area contributed by atoms with Gasteiger partial charge in [-0.25, -0.2) is 9.48 Å². The van der Waals surface area contributed by atoms with Gasteiger partial charge in [0.25, 0.3) is 5.56 Å². The van der Waals surface area contributed by atoms with Gasteiger partial charge >= 0.3 is 5.97 Å². The van der Waals surface area contributed by atoms with E-state index in [1.54, 1.807) is 6.92 Å². The predicted molar refractivity (Wildman–Crippen MR) is 139 cm³/mol. The summed E-state index contributed by atoms with van der Waals surface area (Å²) in [4.78, 5) is 31.5. The minimum absolute atomic E-state index is 0.227. The average molecular weight is 468 g/mol. The number of ether oxygens (including phenoxy) is 1. The molecule has 0 spiro atoms. The summed E-state index contributed by atoms with van der Waals surface area (Å²) in [6.45, 7) is 5.87. The van der Waals surface area contributed by atoms with Crippen LogP contribution in [-0.4, -0.2) is 34.1 Å². The average Bonchev–Trinajstić information content (AvgIpc) is 3.17. The van der Waals surface area contributed by atoms with Crippen LogP contribution in [0.3, 0.4) is 0 Å². The van der Waals surface area contributed by atoms with Gasteiger partial charge in [0.2, 0.25) is 0 Å². The smallest absolute Gasteiger partial charge is 0.331 e. The molecule has 1 N–H and O–H groups in total. The van der Waals surface area contributed by atoms with Crippen LogP contribution in [-0.2, 0) is 16.0 Å². The monoisotopic (exact) mass is 467 g/mol. The van der Waals surface area contributed by atoms with Crippen LogP contribution in [0.2, 0.25) is 0 Å². The Balaban J connectivity index is 1.89. The van der Waals surface area contributed by atoms with E-state index in [1.165, 1.54) is 4.68 Å². The molecule has 1 aromatic heterocycles. The van der Waals surface area contributed by atoms with Crippen molar-refractivity contribution in [1.82, 2.24) is 9.78 Å². The van der Waals surface area contributed by atoms with Crippen molar-refractivity contribution in [2.24, 2.45) is 4.99 Å². The van der Waals surface area contributed by atoms with E-state index in [0.29, 0.717) is 23.4 Å². The molecule has 0 radical (unpaired) electrons. The number of aliphatic imine (C=N–C) groups is 1. The number of aryl methyl sites for hydroxylation is 2. The molecule has 3 aromatic carbocycles. The Morgan fingerprint density at radius 2 is 1.57 bits per heavy atom. The van der Waals surface area contributed by atoms with E-state index in [2.05, 4.69) is 5.10 Å². The van der Waals surface area contributed by atoms with Gasteiger partial charge in [-0.2, -0.15) is 0 Å². The second-order valence-corrected chi connectivity index (χ2v) is 8.39. The number of carbonyl (C=O) groups is 1. The van der Waals surface area contributed by atoms with Crippen molar-refractivity contribution in [3.63, 3.8) is 0 Å². The van der Waals surface area contributed by atoms with Crippen molar-refractivity contribution >= 4 is 11.7 Å². The fourth-order valence-electron chi connectivity index (χ4n) is 3.99. The molecule has 0 fully saturated rings. The van der Waals surface area contributed by atoms with Crippen molar-refractivity contribution in [2.45, 2.75) is 33.2 Å². The number of hydrogen-bond donors (Lipinski definition) is 1. The van der Waals surface area contributed by atoms with E-state index < -0.39 is 12.0 Å². The molecule has 35 heavy (non-hydrogen) atoms. The molecule has 0 amide bonds. The Labute approximate surface area is 204 Å². The fraction of sp³-hybridized carbons (Fsp3) is 0.207. The summed E-state index contributed by atoms with van der Waals surface area (Å²) in [5, 5.41) is 3.18. The molecule has 0 aliphatic carbocycles. The van der Waals surface area contributed by atoms with Crippen LogP contribution >= 0.6 is 0 Å². The standard InChI is InChI=1S/C29H29N3O3/c1-4-35-29(34)25(19-22-11-7-5-8-12-22)30-27(23-17-15-20(2)16-18-23)26-21(3)31-32(28(26)33)24-13-9-6-10-14-24/h5-18,25,31H,4,19H2,1-3H3/t25-/m0/s1. The van der Waals surface area contributed by atoms with Crippen LogP contribution < -0.4 is 5.56 Å². The largest absolute Gasteiger partial charge is 0.464 e. The lowest BCUT2D eigenvalue weighted by atomic mass is 10.00. The number of benzene rings is 3. The number of carbonyl (C=O) groups excluding carboxylic acids is 1. The minimum Gasteiger partial charge on any atom is -0.464 e. The normalized spacial score (nSPS) is 12.4. The van der Waals surface area contributed by atoms with Crippen LogP contribution in [0.4, 0.5) is 0 Å². The summed E-state index contributed by atoms with van der Waals surface area (Å²) < 4.78 is 6.87. The van der Waals surface area contributed by atoms with Crippen molar-refractivity contribution in [1.29, 1.82) is 0 Å². The van der Waals surface area contributed by atoms with Gasteiger partial charge in [-0.05, 0) is 38.5 Å². The Hall–Kier alpha value is -4.19. The number of aromatic nitrogens is 2. The number of nitrogens with zero attached hydrogens (tertiary/aromatic N) is 2. The number of aromatic amines is 1. The van der Waals surface area contributed by atoms with Crippen molar-refractivity contribution in [3.8, 4) is 5.69 Å². The quantitative estimate of drug-likeness (QED) is 0.299. The minimum atomic E-state index is -0.799. The summed E-state index contributed by atoms with van der Waals surface area (Å²) in [5.74, 6) is -0.419. The highest BCUT2D eigenvalue weighted by molar-refractivity contribution is 6.14. The van der Waals surface area contributed by atoms with Crippen molar-refractivity contribution in [2.75, 3.05) is 6.61 Å². The molecule has 6 nitrogen and oxygen atoms in total. The second kappa shape index (κ2) is 10.8. The lowest BCUT2D eigenvalue weighted by Gasteiger charge is -2.15. The summed E-state index contributed by atoms with van der Waals surface area (Å²) in [7, 11) is 0. The van der Waals surface area contributed by atoms with Gasteiger partial charge < -0.3 is 4.74 Å². The molecular weight excluding hydrogens is 438 g/mol. The highest BCUT2D eigenvalue weighted by Gasteiger charge is 2.25. The number of para-hydroxylation sites is 1. The topological polar surface area (TPSA) is 76.4 Å². The molecule has 0 aliphatic heterocycles. The molecule has 178 valence electrons. The second-order valence-electron chi connectivity index (χ2n) is 8.39. The number of rotatable bonds is 8. The van der Waals surface area contributed by atoms with Gasteiger partial charge in [-0.3, -0.25) is 14.9 Å². The van der Waals surface area contributed by atoms with E-state index in [-0.39, 0.29) is 12.2 Å². The first-order valence-electron chi connectivity index (χ1n) is 11.7.